The first-order valence-corrected chi connectivity index (χ1v) is 12.2. The zero-order chi connectivity index (χ0) is 21.1. The second-order valence-corrected chi connectivity index (χ2v) is 10.3. The Balaban J connectivity index is 1.90. The first kappa shape index (κ1) is 19.6. The summed E-state index contributed by atoms with van der Waals surface area (Å²) in [5, 5.41) is 2.94. The van der Waals surface area contributed by atoms with Gasteiger partial charge < -0.3 is 4.89 Å². The highest BCUT2D eigenvalue weighted by atomic mass is 31.2. The molecule has 1 heterocycles. The van der Waals surface area contributed by atoms with E-state index in [0.29, 0.717) is 0 Å². The van der Waals surface area contributed by atoms with Crippen molar-refractivity contribution in [2.45, 2.75) is 0 Å². The molecule has 4 aromatic rings. The Kier molecular flexibility index (Phi) is 5.30. The van der Waals surface area contributed by atoms with Gasteiger partial charge in [0.2, 0.25) is 0 Å². The normalized spacial score (nSPS) is 18.3. The molecule has 150 valence electrons. The maximum atomic E-state index is 12.6. The van der Waals surface area contributed by atoms with E-state index in [9.17, 15) is 4.89 Å². The van der Waals surface area contributed by atoms with Crippen LogP contribution in [0.2, 0.25) is 0 Å². The average molecular weight is 418 g/mol. The minimum atomic E-state index is -2.84. The molecule has 4 aromatic carbocycles. The minimum Gasteiger partial charge on any atom is -0.366 e. The van der Waals surface area contributed by atoms with Crippen LogP contribution in [0.25, 0.3) is 10.9 Å². The fourth-order valence-corrected chi connectivity index (χ4v) is 7.25. The molecule has 31 heavy (non-hydrogen) atoms. The van der Waals surface area contributed by atoms with E-state index in [-0.39, 0.29) is 0 Å². The maximum Gasteiger partial charge on any atom is 0.0678 e. The SMILES string of the molecule is OP1(c2ccccc2)=C(c2ccccc2)C=C(c2ccccc2)C=C1c1ccccc1. The van der Waals surface area contributed by atoms with Gasteiger partial charge in [0.15, 0.2) is 0 Å². The molecule has 1 N–H and O–H groups in total. The van der Waals surface area contributed by atoms with Crippen molar-refractivity contribution >= 4 is 28.6 Å². The summed E-state index contributed by atoms with van der Waals surface area (Å²) in [5.41, 5.74) is 4.36. The quantitative estimate of drug-likeness (QED) is 0.371. The van der Waals surface area contributed by atoms with Crippen LogP contribution in [0.5, 0.6) is 0 Å². The monoisotopic (exact) mass is 418 g/mol. The topological polar surface area (TPSA) is 20.2 Å². The van der Waals surface area contributed by atoms with Crippen LogP contribution >= 0.6 is 7.11 Å². The summed E-state index contributed by atoms with van der Waals surface area (Å²) >= 11 is 0. The smallest absolute Gasteiger partial charge is 0.0678 e. The molecule has 0 bridgehead atoms. The number of rotatable bonds is 4. The van der Waals surface area contributed by atoms with E-state index >= 15 is 0 Å². The van der Waals surface area contributed by atoms with Crippen molar-refractivity contribution in [3.05, 3.63) is 150 Å². The van der Waals surface area contributed by atoms with Crippen molar-refractivity contribution in [1.82, 2.24) is 0 Å². The second-order valence-electron chi connectivity index (χ2n) is 7.58. The standard InChI is InChI=1S/C29H23OP/c30-31(27-19-11-4-12-20-27)28(24-15-7-2-8-16-24)21-26(23-13-5-1-6-14-23)22-29(31)25-17-9-3-10-18-25/h1-22,30H. The fourth-order valence-electron chi connectivity index (χ4n) is 4.13. The molecule has 0 saturated carbocycles. The van der Waals surface area contributed by atoms with Gasteiger partial charge in [0, 0.05) is 15.9 Å². The Morgan fingerprint density at radius 1 is 0.452 bits per heavy atom. The molecule has 1 aliphatic rings. The minimum absolute atomic E-state index is 0.965. The molecule has 0 aromatic heterocycles. The van der Waals surface area contributed by atoms with Crippen molar-refractivity contribution in [2.24, 2.45) is 0 Å². The molecule has 2 heteroatoms. The summed E-state index contributed by atoms with van der Waals surface area (Å²) in [6.45, 7) is 0. The molecule has 1 atom stereocenters. The van der Waals surface area contributed by atoms with Crippen molar-refractivity contribution in [1.29, 1.82) is 0 Å². The van der Waals surface area contributed by atoms with E-state index in [1.165, 1.54) is 0 Å². The molecule has 5 rings (SSSR count). The first-order valence-electron chi connectivity index (χ1n) is 10.4. The zero-order valence-electron chi connectivity index (χ0n) is 17.1. The van der Waals surface area contributed by atoms with Gasteiger partial charge >= 0.3 is 0 Å². The van der Waals surface area contributed by atoms with Crippen LogP contribution in [0, 0.1) is 0 Å². The average Bonchev–Trinajstić information content (AvgIpc) is 2.86. The van der Waals surface area contributed by atoms with Gasteiger partial charge in [-0.1, -0.05) is 121 Å². The van der Waals surface area contributed by atoms with Crippen molar-refractivity contribution in [3.63, 3.8) is 0 Å². The third-order valence-electron chi connectivity index (χ3n) is 5.66. The molecule has 0 aliphatic carbocycles. The molecule has 1 aliphatic heterocycles. The van der Waals surface area contributed by atoms with Gasteiger partial charge in [-0.3, -0.25) is 0 Å². The lowest BCUT2D eigenvalue weighted by Crippen LogP contribution is -2.16. The molecule has 0 radical (unpaired) electrons. The highest BCUT2D eigenvalue weighted by Crippen LogP contribution is 2.60. The van der Waals surface area contributed by atoms with Gasteiger partial charge in [-0.2, -0.15) is 0 Å². The maximum absolute atomic E-state index is 12.6. The Morgan fingerprint density at radius 2 is 0.903 bits per heavy atom. The van der Waals surface area contributed by atoms with E-state index in [4.69, 9.17) is 0 Å². The largest absolute Gasteiger partial charge is 0.366 e. The molecule has 1 nitrogen and oxygen atoms in total. The van der Waals surface area contributed by atoms with Gasteiger partial charge in [-0.15, -0.1) is 0 Å². The van der Waals surface area contributed by atoms with Gasteiger partial charge in [0.05, 0.1) is 7.11 Å². The molecule has 0 amide bonds. The number of hydrogen-bond donors (Lipinski definition) is 1. The van der Waals surface area contributed by atoms with Crippen LogP contribution in [-0.2, 0) is 0 Å². The van der Waals surface area contributed by atoms with Crippen LogP contribution in [-0.4, -0.2) is 10.2 Å². The third kappa shape index (κ3) is 3.64. The fraction of sp³-hybridized carbons (Fsp3) is 0. The summed E-state index contributed by atoms with van der Waals surface area (Å²) in [6, 6.07) is 41.1. The van der Waals surface area contributed by atoms with Crippen LogP contribution < -0.4 is 5.30 Å². The molecule has 0 saturated heterocycles. The highest BCUT2D eigenvalue weighted by Gasteiger charge is 2.31. The van der Waals surface area contributed by atoms with E-state index in [0.717, 1.165) is 38.2 Å². The zero-order valence-corrected chi connectivity index (χ0v) is 18.0. The van der Waals surface area contributed by atoms with Crippen LogP contribution in [0.3, 0.4) is 0 Å². The Morgan fingerprint density at radius 3 is 1.45 bits per heavy atom. The lowest BCUT2D eigenvalue weighted by molar-refractivity contribution is 0.641. The van der Waals surface area contributed by atoms with Crippen LogP contribution in [0.15, 0.2) is 133 Å². The summed E-state index contributed by atoms with van der Waals surface area (Å²) in [4.78, 5) is 12.6. The lowest BCUT2D eigenvalue weighted by Gasteiger charge is -2.31. The Labute approximate surface area is 183 Å². The van der Waals surface area contributed by atoms with Gasteiger partial charge in [-0.05, 0) is 34.4 Å². The van der Waals surface area contributed by atoms with E-state index < -0.39 is 7.11 Å². The predicted octanol–water partition coefficient (Wildman–Crippen LogP) is 6.60. The van der Waals surface area contributed by atoms with Gasteiger partial charge in [-0.25, -0.2) is 0 Å². The number of allylic oxidation sites excluding steroid dienone is 3. The molecule has 0 spiro atoms. The molecule has 1 unspecified atom stereocenters. The third-order valence-corrected chi connectivity index (χ3v) is 8.87. The van der Waals surface area contributed by atoms with E-state index in [1.807, 2.05) is 60.7 Å². The van der Waals surface area contributed by atoms with Crippen LogP contribution in [0.1, 0.15) is 16.7 Å². The van der Waals surface area contributed by atoms with Crippen molar-refractivity contribution < 1.29 is 4.89 Å². The first-order chi connectivity index (χ1) is 15.3. The Bertz CT molecular complexity index is 1300. The lowest BCUT2D eigenvalue weighted by atomic mass is 10.0. The summed E-state index contributed by atoms with van der Waals surface area (Å²) in [6.07, 6.45) is 4.36. The van der Waals surface area contributed by atoms with E-state index in [1.54, 1.807) is 0 Å². The van der Waals surface area contributed by atoms with Crippen LogP contribution in [0.4, 0.5) is 0 Å². The Hall–Kier alpha value is -3.38. The number of benzene rings is 4. The molecule has 0 fully saturated rings. The van der Waals surface area contributed by atoms with Gasteiger partial charge in [0.25, 0.3) is 0 Å². The summed E-state index contributed by atoms with van der Waals surface area (Å²) in [7, 11) is -2.84. The van der Waals surface area contributed by atoms with Crippen molar-refractivity contribution in [3.8, 4) is 0 Å². The molecular weight excluding hydrogens is 395 g/mol. The summed E-state index contributed by atoms with van der Waals surface area (Å²) in [5.74, 6) is 0. The number of hydrogen-bond acceptors (Lipinski definition) is 1. The summed E-state index contributed by atoms with van der Waals surface area (Å²) < 4.78 is 0. The van der Waals surface area contributed by atoms with Crippen molar-refractivity contribution in [2.75, 3.05) is 0 Å². The van der Waals surface area contributed by atoms with E-state index in [2.05, 4.69) is 72.8 Å². The highest BCUT2D eigenvalue weighted by molar-refractivity contribution is 7.87. The second kappa shape index (κ2) is 8.40. The predicted molar refractivity (Wildman–Crippen MR) is 135 cm³/mol. The molecular formula is C29H23OP. The van der Waals surface area contributed by atoms with Gasteiger partial charge in [0.1, 0.15) is 0 Å².